The lowest BCUT2D eigenvalue weighted by Crippen LogP contribution is -2.54. The molecule has 2 aliphatic rings. The van der Waals surface area contributed by atoms with E-state index in [0.29, 0.717) is 6.42 Å². The van der Waals surface area contributed by atoms with Gasteiger partial charge < -0.3 is 16.0 Å². The number of aromatic nitrogens is 2. The zero-order chi connectivity index (χ0) is 25.4. The third kappa shape index (κ3) is 4.60. The Hall–Kier alpha value is -3.11. The second kappa shape index (κ2) is 9.63. The van der Waals surface area contributed by atoms with Crippen molar-refractivity contribution in [3.8, 4) is 0 Å². The van der Waals surface area contributed by atoms with E-state index in [1.807, 2.05) is 34.6 Å². The van der Waals surface area contributed by atoms with Crippen LogP contribution in [0.4, 0.5) is 16.3 Å². The molecule has 1 saturated heterocycles. The average Bonchev–Trinajstić information content (AvgIpc) is 2.97. The van der Waals surface area contributed by atoms with Gasteiger partial charge in [0.05, 0.1) is 0 Å². The van der Waals surface area contributed by atoms with Crippen LogP contribution >= 0.6 is 0 Å². The van der Waals surface area contributed by atoms with Crippen molar-refractivity contribution in [2.75, 3.05) is 23.7 Å². The van der Waals surface area contributed by atoms with Gasteiger partial charge in [-0.3, -0.25) is 28.8 Å². The highest BCUT2D eigenvalue weighted by molar-refractivity contribution is 6.10. The molecule has 3 rings (SSSR count). The largest absolute Gasteiger partial charge is 0.383 e. The average molecular weight is 477 g/mol. The summed E-state index contributed by atoms with van der Waals surface area (Å²) in [6.07, 6.45) is 3.16. The first kappa shape index (κ1) is 25.5. The minimum Gasteiger partial charge on any atom is -0.383 e. The quantitative estimate of drug-likeness (QED) is 0.504. The number of aromatic amines is 1. The number of anilines is 2. The second-order valence-corrected chi connectivity index (χ2v) is 10.3. The minimum absolute atomic E-state index is 0.0392. The molecule has 11 nitrogen and oxygen atoms in total. The highest BCUT2D eigenvalue weighted by Crippen LogP contribution is 2.38. The molecule has 4 N–H and O–H groups in total. The van der Waals surface area contributed by atoms with Gasteiger partial charge in [0.1, 0.15) is 17.9 Å². The predicted octanol–water partition coefficient (Wildman–Crippen LogP) is 1.26. The van der Waals surface area contributed by atoms with Gasteiger partial charge in [-0.15, -0.1) is 0 Å². The van der Waals surface area contributed by atoms with Crippen molar-refractivity contribution in [2.45, 2.75) is 72.4 Å². The maximum absolute atomic E-state index is 13.5. The van der Waals surface area contributed by atoms with E-state index in [4.69, 9.17) is 5.73 Å². The van der Waals surface area contributed by atoms with Gasteiger partial charge in [-0.2, -0.15) is 0 Å². The predicted molar refractivity (Wildman–Crippen MR) is 128 cm³/mol. The standard InChI is InChI=1S/C23H36N6O5/c1-13(2)10-27(17-18(24)28(11-14(3)4)21(33)25-19(17)31)16(30)12-29-20(32)23(26-22(29)34)9-7-6-8-15(23)5/h13-15H,6-12,24H2,1-5H3,(H,26,34)(H,25,31,33). The number of nitrogens with one attached hydrogen (secondary N) is 2. The Morgan fingerprint density at radius 3 is 2.41 bits per heavy atom. The second-order valence-electron chi connectivity index (χ2n) is 10.3. The zero-order valence-electron chi connectivity index (χ0n) is 20.6. The van der Waals surface area contributed by atoms with Crippen LogP contribution in [-0.2, 0) is 16.1 Å². The summed E-state index contributed by atoms with van der Waals surface area (Å²) in [4.78, 5) is 69.0. The summed E-state index contributed by atoms with van der Waals surface area (Å²) in [7, 11) is 0. The molecule has 1 aromatic heterocycles. The van der Waals surface area contributed by atoms with Crippen molar-refractivity contribution in [3.05, 3.63) is 20.8 Å². The van der Waals surface area contributed by atoms with E-state index in [9.17, 15) is 24.0 Å². The monoisotopic (exact) mass is 476 g/mol. The fourth-order valence-electron chi connectivity index (χ4n) is 4.93. The molecular weight excluding hydrogens is 440 g/mol. The SMILES string of the molecule is CC(C)CN(C(=O)CN1C(=O)NC2(CCCCC2C)C1=O)c1c(N)n(CC(C)C)c(=O)[nH]c1=O. The number of carbonyl (C=O) groups excluding carboxylic acids is 3. The Bertz CT molecular complexity index is 1090. The molecule has 4 amide bonds. The van der Waals surface area contributed by atoms with Crippen molar-refractivity contribution in [1.29, 1.82) is 0 Å². The molecule has 1 saturated carbocycles. The van der Waals surface area contributed by atoms with Crippen LogP contribution in [0.25, 0.3) is 0 Å². The molecule has 34 heavy (non-hydrogen) atoms. The van der Waals surface area contributed by atoms with Crippen LogP contribution < -0.4 is 27.2 Å². The first-order valence-corrected chi connectivity index (χ1v) is 12.0. The number of nitrogens with two attached hydrogens (primary N) is 1. The molecule has 2 heterocycles. The molecule has 2 atom stereocenters. The summed E-state index contributed by atoms with van der Waals surface area (Å²) in [5.41, 5.74) is 3.66. The van der Waals surface area contributed by atoms with Crippen molar-refractivity contribution in [1.82, 2.24) is 19.8 Å². The van der Waals surface area contributed by atoms with Crippen LogP contribution in [0.3, 0.4) is 0 Å². The summed E-state index contributed by atoms with van der Waals surface area (Å²) < 4.78 is 1.23. The Morgan fingerprint density at radius 2 is 1.82 bits per heavy atom. The molecule has 1 aromatic rings. The van der Waals surface area contributed by atoms with Gasteiger partial charge in [0.15, 0.2) is 5.69 Å². The lowest BCUT2D eigenvalue weighted by Gasteiger charge is -2.36. The van der Waals surface area contributed by atoms with E-state index in [2.05, 4.69) is 10.3 Å². The summed E-state index contributed by atoms with van der Waals surface area (Å²) in [6.45, 7) is 9.31. The Kier molecular flexibility index (Phi) is 7.23. The van der Waals surface area contributed by atoms with E-state index in [1.54, 1.807) is 0 Å². The fraction of sp³-hybridized carbons (Fsp3) is 0.696. The molecule has 0 aromatic carbocycles. The lowest BCUT2D eigenvalue weighted by molar-refractivity contribution is -0.136. The number of rotatable bonds is 7. The molecule has 1 aliphatic carbocycles. The normalized spacial score (nSPS) is 22.7. The molecule has 2 unspecified atom stereocenters. The van der Waals surface area contributed by atoms with Gasteiger partial charge in [0, 0.05) is 13.1 Å². The smallest absolute Gasteiger partial charge is 0.330 e. The first-order valence-electron chi connectivity index (χ1n) is 12.0. The summed E-state index contributed by atoms with van der Waals surface area (Å²) in [5.74, 6) is -1.18. The van der Waals surface area contributed by atoms with E-state index in [-0.39, 0.29) is 42.3 Å². The van der Waals surface area contributed by atoms with E-state index in [1.165, 1.54) is 9.47 Å². The highest BCUT2D eigenvalue weighted by Gasteiger charge is 2.55. The number of nitrogens with zero attached hydrogens (tertiary/aromatic N) is 3. The van der Waals surface area contributed by atoms with Crippen LogP contribution in [0, 0.1) is 17.8 Å². The molecular formula is C23H36N6O5. The van der Waals surface area contributed by atoms with Gasteiger partial charge in [-0.25, -0.2) is 9.59 Å². The number of urea groups is 1. The Morgan fingerprint density at radius 1 is 1.15 bits per heavy atom. The van der Waals surface area contributed by atoms with E-state index >= 15 is 0 Å². The van der Waals surface area contributed by atoms with Crippen LogP contribution in [0.1, 0.15) is 60.3 Å². The van der Waals surface area contributed by atoms with Crippen LogP contribution in [0.2, 0.25) is 0 Å². The number of imide groups is 1. The van der Waals surface area contributed by atoms with Crippen LogP contribution in [0.5, 0.6) is 0 Å². The van der Waals surface area contributed by atoms with Crippen molar-refractivity contribution in [3.63, 3.8) is 0 Å². The number of hydrogen-bond acceptors (Lipinski definition) is 6. The third-order valence-corrected chi connectivity index (χ3v) is 6.68. The van der Waals surface area contributed by atoms with Gasteiger partial charge in [-0.05, 0) is 30.6 Å². The third-order valence-electron chi connectivity index (χ3n) is 6.68. The topological polar surface area (TPSA) is 151 Å². The van der Waals surface area contributed by atoms with E-state index in [0.717, 1.165) is 24.2 Å². The van der Waals surface area contributed by atoms with Gasteiger partial charge in [0.25, 0.3) is 11.5 Å². The molecule has 0 radical (unpaired) electrons. The van der Waals surface area contributed by atoms with Crippen LogP contribution in [-0.4, -0.2) is 50.9 Å². The molecule has 188 valence electrons. The number of nitrogen functional groups attached to an aromatic ring is 1. The van der Waals surface area contributed by atoms with E-state index < -0.39 is 41.2 Å². The van der Waals surface area contributed by atoms with Crippen molar-refractivity contribution >= 4 is 29.4 Å². The lowest BCUT2D eigenvalue weighted by atomic mass is 9.73. The summed E-state index contributed by atoms with van der Waals surface area (Å²) in [5, 5.41) is 2.83. The molecule has 2 fully saturated rings. The fourth-order valence-corrected chi connectivity index (χ4v) is 4.93. The Labute approximate surface area is 198 Å². The number of hydrogen-bond donors (Lipinski definition) is 3. The summed E-state index contributed by atoms with van der Waals surface area (Å²) in [6, 6.07) is -0.608. The molecule has 1 aliphatic heterocycles. The first-order chi connectivity index (χ1) is 15.9. The number of carbonyl (C=O) groups is 3. The molecule has 11 heteroatoms. The zero-order valence-corrected chi connectivity index (χ0v) is 20.6. The number of amides is 4. The molecule has 0 bridgehead atoms. The van der Waals surface area contributed by atoms with Gasteiger partial charge in [0.2, 0.25) is 5.91 Å². The maximum atomic E-state index is 13.5. The summed E-state index contributed by atoms with van der Waals surface area (Å²) >= 11 is 0. The molecule has 1 spiro atoms. The maximum Gasteiger partial charge on any atom is 0.330 e. The van der Waals surface area contributed by atoms with Crippen molar-refractivity contribution < 1.29 is 14.4 Å². The highest BCUT2D eigenvalue weighted by atomic mass is 16.2. The Balaban J connectivity index is 1.97. The van der Waals surface area contributed by atoms with Crippen molar-refractivity contribution in [2.24, 2.45) is 17.8 Å². The van der Waals surface area contributed by atoms with Crippen LogP contribution in [0.15, 0.2) is 9.59 Å². The van der Waals surface area contributed by atoms with Gasteiger partial charge >= 0.3 is 11.7 Å². The number of H-pyrrole nitrogens is 1. The van der Waals surface area contributed by atoms with Gasteiger partial charge in [-0.1, -0.05) is 47.5 Å². The minimum atomic E-state index is -0.987.